The zero-order valence-corrected chi connectivity index (χ0v) is 7.96. The highest BCUT2D eigenvalue weighted by atomic mass is 14.9. The van der Waals surface area contributed by atoms with Gasteiger partial charge in [0.25, 0.3) is 0 Å². The fourth-order valence-electron chi connectivity index (χ4n) is 1.16. The highest BCUT2D eigenvalue weighted by molar-refractivity contribution is 5.48. The van der Waals surface area contributed by atoms with E-state index < -0.39 is 0 Å². The minimum atomic E-state index is 0.415. The molecule has 0 aromatic rings. The molecule has 1 heterocycles. The molecule has 1 nitrogen and oxygen atoms in total. The van der Waals surface area contributed by atoms with E-state index in [1.165, 1.54) is 0 Å². The van der Waals surface area contributed by atoms with Crippen LogP contribution in [0, 0.1) is 0 Å². The van der Waals surface area contributed by atoms with Crippen molar-refractivity contribution in [3.63, 3.8) is 0 Å². The second-order valence-electron chi connectivity index (χ2n) is 2.98. The molecule has 0 spiro atoms. The Kier molecular flexibility index (Phi) is 3.32. The molecule has 1 N–H and O–H groups in total. The van der Waals surface area contributed by atoms with Gasteiger partial charge in [0.2, 0.25) is 0 Å². The van der Waals surface area contributed by atoms with E-state index in [0.29, 0.717) is 6.04 Å². The van der Waals surface area contributed by atoms with Gasteiger partial charge in [0.15, 0.2) is 0 Å². The van der Waals surface area contributed by atoms with E-state index in [4.69, 9.17) is 0 Å². The Balaban J connectivity index is 2.83. The molecule has 1 heteroatoms. The van der Waals surface area contributed by atoms with Gasteiger partial charge in [-0.3, -0.25) is 0 Å². The van der Waals surface area contributed by atoms with E-state index in [1.54, 1.807) is 6.08 Å². The number of hydrogen-bond acceptors (Lipinski definition) is 1. The normalized spacial score (nSPS) is 21.8. The summed E-state index contributed by atoms with van der Waals surface area (Å²) in [4.78, 5) is 0. The molecule has 0 bridgehead atoms. The van der Waals surface area contributed by atoms with Crippen molar-refractivity contribution in [2.24, 2.45) is 0 Å². The lowest BCUT2D eigenvalue weighted by molar-refractivity contribution is 0.755. The van der Waals surface area contributed by atoms with Crippen molar-refractivity contribution in [2.45, 2.75) is 13.0 Å². The van der Waals surface area contributed by atoms with Crippen LogP contribution < -0.4 is 5.32 Å². The van der Waals surface area contributed by atoms with Crippen LogP contribution in [0.1, 0.15) is 6.92 Å². The SMILES string of the molecule is C=C/C=C(\C=C)C1=CNC(C)C=C1. The summed E-state index contributed by atoms with van der Waals surface area (Å²) in [5.41, 5.74) is 2.23. The van der Waals surface area contributed by atoms with Crippen molar-refractivity contribution in [2.75, 3.05) is 0 Å². The summed E-state index contributed by atoms with van der Waals surface area (Å²) in [6.45, 7) is 9.52. The highest BCUT2D eigenvalue weighted by Crippen LogP contribution is 2.15. The van der Waals surface area contributed by atoms with Crippen LogP contribution in [0.25, 0.3) is 0 Å². The standard InChI is InChI=1S/C12H15N/c1-4-6-11(5-2)12-8-7-10(3)13-9-12/h4-10,13H,1-2H2,3H3/b11-6+. The molecule has 1 aliphatic heterocycles. The van der Waals surface area contributed by atoms with Crippen LogP contribution in [0.2, 0.25) is 0 Å². The van der Waals surface area contributed by atoms with E-state index in [9.17, 15) is 0 Å². The average molecular weight is 173 g/mol. The van der Waals surface area contributed by atoms with Crippen LogP contribution in [-0.4, -0.2) is 6.04 Å². The molecule has 0 saturated carbocycles. The van der Waals surface area contributed by atoms with Gasteiger partial charge in [-0.05, 0) is 18.1 Å². The van der Waals surface area contributed by atoms with Crippen molar-refractivity contribution >= 4 is 0 Å². The molecule has 0 aliphatic carbocycles. The fourth-order valence-corrected chi connectivity index (χ4v) is 1.16. The van der Waals surface area contributed by atoms with Gasteiger partial charge in [0, 0.05) is 12.2 Å². The third kappa shape index (κ3) is 2.48. The predicted octanol–water partition coefficient (Wildman–Crippen LogP) is 2.72. The summed E-state index contributed by atoms with van der Waals surface area (Å²) >= 11 is 0. The molecular formula is C12H15N. The van der Waals surface area contributed by atoms with Crippen molar-refractivity contribution in [3.8, 4) is 0 Å². The molecule has 0 aromatic heterocycles. The maximum Gasteiger partial charge on any atom is 0.0414 e. The van der Waals surface area contributed by atoms with E-state index >= 15 is 0 Å². The topological polar surface area (TPSA) is 12.0 Å². The van der Waals surface area contributed by atoms with Gasteiger partial charge in [0.05, 0.1) is 0 Å². The maximum absolute atomic E-state index is 3.76. The van der Waals surface area contributed by atoms with Crippen molar-refractivity contribution in [1.82, 2.24) is 5.32 Å². The van der Waals surface area contributed by atoms with Crippen LogP contribution >= 0.6 is 0 Å². The van der Waals surface area contributed by atoms with Gasteiger partial charge in [-0.15, -0.1) is 0 Å². The quantitative estimate of drug-likeness (QED) is 0.647. The van der Waals surface area contributed by atoms with Crippen molar-refractivity contribution in [3.05, 3.63) is 60.9 Å². The van der Waals surface area contributed by atoms with Crippen LogP contribution in [0.5, 0.6) is 0 Å². The first-order valence-electron chi connectivity index (χ1n) is 4.38. The van der Waals surface area contributed by atoms with Gasteiger partial charge in [-0.25, -0.2) is 0 Å². The Morgan fingerprint density at radius 1 is 1.54 bits per heavy atom. The Hall–Kier alpha value is -1.50. The lowest BCUT2D eigenvalue weighted by Gasteiger charge is -2.14. The van der Waals surface area contributed by atoms with Crippen LogP contribution in [0.3, 0.4) is 0 Å². The molecule has 0 fully saturated rings. The molecular weight excluding hydrogens is 158 g/mol. The van der Waals surface area contributed by atoms with Crippen molar-refractivity contribution in [1.29, 1.82) is 0 Å². The molecule has 1 aliphatic rings. The summed E-state index contributed by atoms with van der Waals surface area (Å²) in [5, 5.41) is 3.23. The van der Waals surface area contributed by atoms with E-state index in [1.807, 2.05) is 18.4 Å². The van der Waals surface area contributed by atoms with E-state index in [0.717, 1.165) is 11.1 Å². The van der Waals surface area contributed by atoms with Gasteiger partial charge >= 0.3 is 0 Å². The van der Waals surface area contributed by atoms with Crippen LogP contribution in [0.4, 0.5) is 0 Å². The fraction of sp³-hybridized carbons (Fsp3) is 0.167. The third-order valence-electron chi connectivity index (χ3n) is 1.92. The molecule has 1 rings (SSSR count). The molecule has 0 radical (unpaired) electrons. The van der Waals surface area contributed by atoms with E-state index in [2.05, 4.69) is 37.6 Å². The smallest absolute Gasteiger partial charge is 0.0414 e. The average Bonchev–Trinajstić information content (AvgIpc) is 2.16. The molecule has 13 heavy (non-hydrogen) atoms. The van der Waals surface area contributed by atoms with Gasteiger partial charge in [-0.1, -0.05) is 43.5 Å². The first kappa shape index (κ1) is 9.59. The largest absolute Gasteiger partial charge is 0.384 e. The second-order valence-corrected chi connectivity index (χ2v) is 2.98. The van der Waals surface area contributed by atoms with Gasteiger partial charge in [0.1, 0.15) is 0 Å². The summed E-state index contributed by atoms with van der Waals surface area (Å²) in [6.07, 6.45) is 11.8. The Morgan fingerprint density at radius 3 is 2.77 bits per heavy atom. The Morgan fingerprint density at radius 2 is 2.31 bits per heavy atom. The summed E-state index contributed by atoms with van der Waals surface area (Å²) in [6, 6.07) is 0.415. The lowest BCUT2D eigenvalue weighted by atomic mass is 10.0. The molecule has 0 saturated heterocycles. The summed E-state index contributed by atoms with van der Waals surface area (Å²) in [7, 11) is 0. The van der Waals surface area contributed by atoms with Gasteiger partial charge in [-0.2, -0.15) is 0 Å². The Bertz CT molecular complexity index is 292. The first-order chi connectivity index (χ1) is 6.27. The number of rotatable bonds is 3. The summed E-state index contributed by atoms with van der Waals surface area (Å²) in [5.74, 6) is 0. The van der Waals surface area contributed by atoms with Crippen LogP contribution in [-0.2, 0) is 0 Å². The maximum atomic E-state index is 3.76. The predicted molar refractivity (Wildman–Crippen MR) is 58.3 cm³/mol. The summed E-state index contributed by atoms with van der Waals surface area (Å²) < 4.78 is 0. The minimum absolute atomic E-state index is 0.415. The number of dihydropyridines is 1. The number of nitrogens with one attached hydrogen (secondary N) is 1. The molecule has 1 unspecified atom stereocenters. The highest BCUT2D eigenvalue weighted by Gasteiger charge is 2.03. The lowest BCUT2D eigenvalue weighted by Crippen LogP contribution is -2.20. The molecule has 0 aromatic carbocycles. The number of allylic oxidation sites excluding steroid dienone is 6. The Labute approximate surface area is 79.8 Å². The molecule has 68 valence electrons. The molecule has 0 amide bonds. The zero-order chi connectivity index (χ0) is 9.68. The molecule has 1 atom stereocenters. The number of hydrogen-bond donors (Lipinski definition) is 1. The first-order valence-corrected chi connectivity index (χ1v) is 4.38. The monoisotopic (exact) mass is 173 g/mol. The zero-order valence-electron chi connectivity index (χ0n) is 7.96. The third-order valence-corrected chi connectivity index (χ3v) is 1.92. The van der Waals surface area contributed by atoms with Crippen molar-refractivity contribution < 1.29 is 0 Å². The van der Waals surface area contributed by atoms with E-state index in [-0.39, 0.29) is 0 Å². The minimum Gasteiger partial charge on any atom is -0.384 e. The van der Waals surface area contributed by atoms with Crippen LogP contribution in [0.15, 0.2) is 60.9 Å². The second kappa shape index (κ2) is 4.51. The van der Waals surface area contributed by atoms with Gasteiger partial charge < -0.3 is 5.32 Å².